The number of hydrogen-bond acceptors (Lipinski definition) is 6. The molecule has 33 heavy (non-hydrogen) atoms. The van der Waals surface area contributed by atoms with Gasteiger partial charge in [0.15, 0.2) is 11.5 Å². The molecule has 168 valence electrons. The molecule has 0 spiro atoms. The highest BCUT2D eigenvalue weighted by molar-refractivity contribution is 6.20. The molecule has 0 saturated heterocycles. The van der Waals surface area contributed by atoms with E-state index >= 15 is 0 Å². The van der Waals surface area contributed by atoms with Gasteiger partial charge in [0.2, 0.25) is 5.75 Å². The van der Waals surface area contributed by atoms with Crippen LogP contribution < -0.4 is 14.2 Å². The summed E-state index contributed by atoms with van der Waals surface area (Å²) >= 11 is 0. The maximum Gasteiger partial charge on any atom is 0.203 e. The second-order valence-corrected chi connectivity index (χ2v) is 8.04. The number of amidine groups is 2. The van der Waals surface area contributed by atoms with Gasteiger partial charge in [-0.2, -0.15) is 0 Å². The monoisotopic (exact) mass is 441 g/mol. The van der Waals surface area contributed by atoms with Gasteiger partial charge in [-0.05, 0) is 48.2 Å². The molecular weight excluding hydrogens is 414 g/mol. The number of benzene rings is 3. The van der Waals surface area contributed by atoms with Crippen molar-refractivity contribution in [1.82, 2.24) is 4.90 Å². The fourth-order valence-electron chi connectivity index (χ4n) is 4.43. The summed E-state index contributed by atoms with van der Waals surface area (Å²) < 4.78 is 16.4. The molecule has 3 aromatic carbocycles. The fraction of sp³-hybridized carbons (Fsp3) is 0.259. The molecule has 6 heteroatoms. The second kappa shape index (κ2) is 8.98. The third-order valence-corrected chi connectivity index (χ3v) is 6.11. The van der Waals surface area contributed by atoms with Crippen molar-refractivity contribution in [3.05, 3.63) is 82.9 Å². The van der Waals surface area contributed by atoms with E-state index in [1.165, 1.54) is 5.56 Å². The molecule has 0 amide bonds. The van der Waals surface area contributed by atoms with E-state index in [2.05, 4.69) is 41.3 Å². The normalized spacial score (nSPS) is 14.2. The van der Waals surface area contributed by atoms with Gasteiger partial charge >= 0.3 is 0 Å². The number of aliphatic imine (C=N–C) groups is 2. The van der Waals surface area contributed by atoms with Crippen molar-refractivity contribution in [3.63, 3.8) is 0 Å². The Hall–Kier alpha value is -3.80. The van der Waals surface area contributed by atoms with Gasteiger partial charge in [0.25, 0.3) is 0 Å². The molecule has 3 aromatic rings. The van der Waals surface area contributed by atoms with Crippen LogP contribution >= 0.6 is 0 Å². The highest BCUT2D eigenvalue weighted by Crippen LogP contribution is 2.38. The lowest BCUT2D eigenvalue weighted by atomic mass is 10.0. The van der Waals surface area contributed by atoms with Gasteiger partial charge in [-0.3, -0.25) is 4.99 Å². The molecule has 0 aliphatic carbocycles. The van der Waals surface area contributed by atoms with E-state index in [1.54, 1.807) is 21.3 Å². The molecule has 0 aromatic heterocycles. The van der Waals surface area contributed by atoms with E-state index in [9.17, 15) is 0 Å². The second-order valence-electron chi connectivity index (χ2n) is 8.04. The Morgan fingerprint density at radius 2 is 1.48 bits per heavy atom. The largest absolute Gasteiger partial charge is 0.493 e. The molecule has 0 saturated carbocycles. The van der Waals surface area contributed by atoms with Crippen LogP contribution in [-0.4, -0.2) is 51.0 Å². The molecular formula is C27H27N3O3. The van der Waals surface area contributed by atoms with Crippen molar-refractivity contribution in [2.75, 3.05) is 34.4 Å². The third kappa shape index (κ3) is 3.93. The minimum absolute atomic E-state index is 0.618. The standard InChI is InChI=1S/C27H27N3O3/c1-31-23-16-19(17-24(32-2)25(23)33-3)9-8-18-10-12-20(13-11-18)26-29-22-7-5-4-6-21(22)27-28-14-15-30(26)27/h4-7,10-13,16-17H,8-9,14-15H2,1-3H3. The molecule has 2 aliphatic rings. The zero-order valence-corrected chi connectivity index (χ0v) is 19.2. The highest BCUT2D eigenvalue weighted by Gasteiger charge is 2.29. The summed E-state index contributed by atoms with van der Waals surface area (Å²) in [6.45, 7) is 1.67. The number of nitrogens with zero attached hydrogens (tertiary/aromatic N) is 3. The molecule has 2 aliphatic heterocycles. The van der Waals surface area contributed by atoms with Crippen LogP contribution in [0.25, 0.3) is 0 Å². The molecule has 5 rings (SSSR count). The minimum Gasteiger partial charge on any atom is -0.493 e. The molecule has 0 unspecified atom stereocenters. The first-order chi connectivity index (χ1) is 16.2. The first-order valence-corrected chi connectivity index (χ1v) is 11.1. The Labute approximate surface area is 194 Å². The van der Waals surface area contributed by atoms with Crippen LogP contribution in [0, 0.1) is 0 Å². The van der Waals surface area contributed by atoms with Crippen molar-refractivity contribution in [3.8, 4) is 17.2 Å². The number of para-hydroxylation sites is 1. The summed E-state index contributed by atoms with van der Waals surface area (Å²) in [5.41, 5.74) is 5.60. The van der Waals surface area contributed by atoms with E-state index in [4.69, 9.17) is 24.2 Å². The van der Waals surface area contributed by atoms with Crippen LogP contribution in [-0.2, 0) is 12.8 Å². The summed E-state index contributed by atoms with van der Waals surface area (Å²) in [5.74, 6) is 3.98. The van der Waals surface area contributed by atoms with E-state index in [-0.39, 0.29) is 0 Å². The number of rotatable bonds is 7. The van der Waals surface area contributed by atoms with Gasteiger partial charge in [0, 0.05) is 17.7 Å². The third-order valence-electron chi connectivity index (χ3n) is 6.11. The van der Waals surface area contributed by atoms with Gasteiger partial charge in [0.1, 0.15) is 11.7 Å². The van der Waals surface area contributed by atoms with Crippen molar-refractivity contribution >= 4 is 17.4 Å². The average Bonchev–Trinajstić information content (AvgIpc) is 3.37. The Bertz CT molecular complexity index is 1210. The predicted octanol–water partition coefficient (Wildman–Crippen LogP) is 4.65. The summed E-state index contributed by atoms with van der Waals surface area (Å²) in [6.07, 6.45) is 1.78. The summed E-state index contributed by atoms with van der Waals surface area (Å²) in [6, 6.07) is 20.9. The van der Waals surface area contributed by atoms with Gasteiger partial charge in [0.05, 0.1) is 33.6 Å². The molecule has 0 N–H and O–H groups in total. The van der Waals surface area contributed by atoms with Gasteiger partial charge in [-0.15, -0.1) is 0 Å². The van der Waals surface area contributed by atoms with E-state index in [0.717, 1.165) is 60.0 Å². The molecule has 6 nitrogen and oxygen atoms in total. The summed E-state index contributed by atoms with van der Waals surface area (Å²) in [7, 11) is 4.90. The van der Waals surface area contributed by atoms with Crippen LogP contribution in [0.3, 0.4) is 0 Å². The maximum absolute atomic E-state index is 5.48. The molecule has 0 fully saturated rings. The number of aryl methyl sites for hydroxylation is 2. The zero-order chi connectivity index (χ0) is 22.8. The lowest BCUT2D eigenvalue weighted by molar-refractivity contribution is 0.324. The SMILES string of the molecule is COc1cc(CCc2ccc(C3=Nc4ccccc4C4=NCCN34)cc2)cc(OC)c1OC. The Morgan fingerprint density at radius 1 is 0.788 bits per heavy atom. The van der Waals surface area contributed by atoms with Crippen LogP contribution in [0.5, 0.6) is 17.2 Å². The number of hydrogen-bond donors (Lipinski definition) is 0. The minimum atomic E-state index is 0.618. The Morgan fingerprint density at radius 3 is 2.18 bits per heavy atom. The van der Waals surface area contributed by atoms with E-state index in [1.807, 2.05) is 24.3 Å². The molecule has 0 bridgehead atoms. The number of ether oxygens (including phenoxy) is 3. The van der Waals surface area contributed by atoms with E-state index in [0.29, 0.717) is 17.2 Å². The molecule has 0 radical (unpaired) electrons. The zero-order valence-electron chi connectivity index (χ0n) is 19.2. The maximum atomic E-state index is 5.48. The van der Waals surface area contributed by atoms with Gasteiger partial charge < -0.3 is 19.1 Å². The smallest absolute Gasteiger partial charge is 0.203 e. The van der Waals surface area contributed by atoms with Crippen molar-refractivity contribution in [2.24, 2.45) is 9.98 Å². The lowest BCUT2D eigenvalue weighted by Gasteiger charge is -2.27. The molecule has 0 atom stereocenters. The topological polar surface area (TPSA) is 55.7 Å². The predicted molar refractivity (Wildman–Crippen MR) is 131 cm³/mol. The first kappa shape index (κ1) is 21.1. The van der Waals surface area contributed by atoms with Crippen LogP contribution in [0.4, 0.5) is 5.69 Å². The van der Waals surface area contributed by atoms with E-state index < -0.39 is 0 Å². The fourth-order valence-corrected chi connectivity index (χ4v) is 4.43. The van der Waals surface area contributed by atoms with Gasteiger partial charge in [-0.25, -0.2) is 4.99 Å². The number of fused-ring (bicyclic) bond motifs is 3. The summed E-state index contributed by atoms with van der Waals surface area (Å²) in [5, 5.41) is 0. The van der Waals surface area contributed by atoms with Crippen molar-refractivity contribution < 1.29 is 14.2 Å². The average molecular weight is 442 g/mol. The quantitative estimate of drug-likeness (QED) is 0.536. The van der Waals surface area contributed by atoms with Crippen LogP contribution in [0.2, 0.25) is 0 Å². The van der Waals surface area contributed by atoms with Crippen molar-refractivity contribution in [2.45, 2.75) is 12.8 Å². The first-order valence-electron chi connectivity index (χ1n) is 11.1. The van der Waals surface area contributed by atoms with Crippen molar-refractivity contribution in [1.29, 1.82) is 0 Å². The van der Waals surface area contributed by atoms with Gasteiger partial charge in [-0.1, -0.05) is 36.4 Å². The number of methoxy groups -OCH3 is 3. The lowest BCUT2D eigenvalue weighted by Crippen LogP contribution is -2.37. The van der Waals surface area contributed by atoms with Crippen LogP contribution in [0.15, 0.2) is 70.6 Å². The van der Waals surface area contributed by atoms with Crippen LogP contribution in [0.1, 0.15) is 22.3 Å². The Kier molecular flexibility index (Phi) is 5.73. The Balaban J connectivity index is 1.35. The molecule has 2 heterocycles. The highest BCUT2D eigenvalue weighted by atomic mass is 16.5. The summed E-state index contributed by atoms with van der Waals surface area (Å²) in [4.78, 5) is 11.9.